The number of urea groups is 1. The smallest absolute Gasteiger partial charge is 0.332 e. The molecule has 0 N–H and O–H groups in total. The summed E-state index contributed by atoms with van der Waals surface area (Å²) >= 11 is 7.02. The van der Waals surface area contributed by atoms with E-state index >= 15 is 0 Å². The number of halogens is 2. The molecule has 0 radical (unpaired) electrons. The lowest BCUT2D eigenvalue weighted by Crippen LogP contribution is -2.67. The Bertz CT molecular complexity index is 1330. The monoisotopic (exact) mass is 634 g/mol. The number of carbonyl (C=O) groups excluding carboxylic acids is 3. The zero-order valence-corrected chi connectivity index (χ0v) is 24.0. The first-order chi connectivity index (χ1) is 17.6. The number of aromatic nitrogens is 1. The fourth-order valence-electron chi connectivity index (χ4n) is 6.28. The number of likely N-dealkylation sites (tertiary alicyclic amines) is 1. The predicted octanol–water partition coefficient (Wildman–Crippen LogP) is 3.08. The van der Waals surface area contributed by atoms with Gasteiger partial charge in [0.1, 0.15) is 11.2 Å². The van der Waals surface area contributed by atoms with Crippen LogP contribution in [-0.2, 0) is 22.6 Å². The van der Waals surface area contributed by atoms with Gasteiger partial charge in [-0.25, -0.2) is 4.79 Å². The van der Waals surface area contributed by atoms with Crippen LogP contribution in [-0.4, -0.2) is 78.0 Å². The summed E-state index contributed by atoms with van der Waals surface area (Å²) in [6.07, 6.45) is 1.02. The number of carbonyl (C=O) groups is 3. The van der Waals surface area contributed by atoms with Crippen molar-refractivity contribution in [3.63, 3.8) is 0 Å². The topological polar surface area (TPSA) is 92.2 Å². The summed E-state index contributed by atoms with van der Waals surface area (Å²) in [7, 11) is 4.38. The molecule has 2 atom stereocenters. The molecule has 37 heavy (non-hydrogen) atoms. The van der Waals surface area contributed by atoms with Crippen molar-refractivity contribution in [2.75, 3.05) is 40.8 Å². The molecule has 0 saturated carbocycles. The molecule has 2 fully saturated rings. The maximum Gasteiger partial charge on any atom is 0.332 e. The number of hydrogen-bond acceptors (Lipinski definition) is 6. The second-order valence-corrected chi connectivity index (χ2v) is 12.0. The first-order valence-electron chi connectivity index (χ1n) is 12.1. The van der Waals surface area contributed by atoms with Gasteiger partial charge in [-0.2, -0.15) is 0 Å². The van der Waals surface area contributed by atoms with Gasteiger partial charge in [-0.3, -0.25) is 24.2 Å². The molecule has 4 heterocycles. The van der Waals surface area contributed by atoms with Gasteiger partial charge in [-0.1, -0.05) is 22.0 Å². The standard InChI is InChI=1S/C26H28Br2N4O5/c1-29-23(34)26(24(35)30(2)25(29)36,10-16-8-18(27)9-19(28)22(16)37-3)14-31-11-15-7-17(13-31)20-5-4-6-21(33)32(20)12-15/h4-6,8-9,15,17H,7,10-14H2,1-3H3/t15-,17-/m1/s1. The predicted molar refractivity (Wildman–Crippen MR) is 143 cm³/mol. The van der Waals surface area contributed by atoms with Crippen LogP contribution < -0.4 is 10.3 Å². The van der Waals surface area contributed by atoms with E-state index in [0.29, 0.717) is 35.4 Å². The van der Waals surface area contributed by atoms with E-state index in [0.717, 1.165) is 26.4 Å². The van der Waals surface area contributed by atoms with Crippen LogP contribution in [0.15, 0.2) is 44.1 Å². The molecular formula is C26H28Br2N4O5. The van der Waals surface area contributed by atoms with E-state index in [9.17, 15) is 19.2 Å². The van der Waals surface area contributed by atoms with Crippen LogP contribution in [0.3, 0.4) is 0 Å². The van der Waals surface area contributed by atoms with Crippen LogP contribution in [0.1, 0.15) is 23.6 Å². The third kappa shape index (κ3) is 4.34. The van der Waals surface area contributed by atoms with Crippen molar-refractivity contribution in [3.8, 4) is 5.75 Å². The van der Waals surface area contributed by atoms with Gasteiger partial charge in [-0.05, 0) is 52.0 Å². The van der Waals surface area contributed by atoms with Gasteiger partial charge < -0.3 is 14.2 Å². The number of imide groups is 2. The molecule has 11 heteroatoms. The van der Waals surface area contributed by atoms with Crippen molar-refractivity contribution in [3.05, 3.63) is 60.9 Å². The molecule has 3 aliphatic heterocycles. The average Bonchev–Trinajstić information content (AvgIpc) is 2.85. The van der Waals surface area contributed by atoms with E-state index in [2.05, 4.69) is 36.8 Å². The number of fused-ring (bicyclic) bond motifs is 4. The van der Waals surface area contributed by atoms with Crippen LogP contribution in [0.5, 0.6) is 5.75 Å². The lowest BCUT2D eigenvalue weighted by molar-refractivity contribution is -0.159. The Kier molecular flexibility index (Phi) is 6.82. The summed E-state index contributed by atoms with van der Waals surface area (Å²) < 4.78 is 8.95. The number of methoxy groups -OCH3 is 1. The summed E-state index contributed by atoms with van der Waals surface area (Å²) in [6.45, 7) is 2.04. The molecule has 0 aliphatic carbocycles. The van der Waals surface area contributed by atoms with Crippen LogP contribution >= 0.6 is 31.9 Å². The zero-order chi connectivity index (χ0) is 26.6. The summed E-state index contributed by atoms with van der Waals surface area (Å²) in [5.74, 6) is -0.158. The second kappa shape index (κ2) is 9.67. The molecule has 2 aromatic rings. The number of piperidine rings is 1. The SMILES string of the molecule is COc1c(Br)cc(Br)cc1CC1(CN2C[C@H]3C[C@H](C2)c2cccc(=O)n2C3)C(=O)N(C)C(=O)N(C)C1=O. The third-order valence-corrected chi connectivity index (χ3v) is 8.88. The number of benzene rings is 1. The molecule has 196 valence electrons. The lowest BCUT2D eigenvalue weighted by atomic mass is 9.75. The van der Waals surface area contributed by atoms with E-state index in [1.54, 1.807) is 19.2 Å². The molecule has 2 bridgehead atoms. The molecule has 3 aliphatic rings. The van der Waals surface area contributed by atoms with E-state index in [1.165, 1.54) is 14.1 Å². The summed E-state index contributed by atoms with van der Waals surface area (Å²) in [5, 5.41) is 0. The molecular weight excluding hydrogens is 608 g/mol. The molecule has 9 nitrogen and oxygen atoms in total. The van der Waals surface area contributed by atoms with Crippen molar-refractivity contribution in [1.82, 2.24) is 19.3 Å². The van der Waals surface area contributed by atoms with E-state index in [4.69, 9.17) is 4.74 Å². The minimum atomic E-state index is -1.52. The zero-order valence-electron chi connectivity index (χ0n) is 20.9. The summed E-state index contributed by atoms with van der Waals surface area (Å²) in [4.78, 5) is 57.1. The van der Waals surface area contributed by atoms with Crippen molar-refractivity contribution in [1.29, 1.82) is 0 Å². The number of ether oxygens (including phenoxy) is 1. The minimum Gasteiger partial charge on any atom is -0.495 e. The largest absolute Gasteiger partial charge is 0.495 e. The molecule has 1 aromatic heterocycles. The van der Waals surface area contributed by atoms with Gasteiger partial charge in [0.05, 0.1) is 11.6 Å². The maximum absolute atomic E-state index is 13.9. The highest BCUT2D eigenvalue weighted by atomic mass is 79.9. The van der Waals surface area contributed by atoms with Crippen LogP contribution in [0.25, 0.3) is 0 Å². The van der Waals surface area contributed by atoms with Gasteiger partial charge in [-0.15, -0.1) is 0 Å². The van der Waals surface area contributed by atoms with Crippen molar-refractivity contribution in [2.24, 2.45) is 11.3 Å². The van der Waals surface area contributed by atoms with Crippen molar-refractivity contribution in [2.45, 2.75) is 25.3 Å². The molecule has 0 unspecified atom stereocenters. The van der Waals surface area contributed by atoms with Crippen LogP contribution in [0.4, 0.5) is 4.79 Å². The number of hydrogen-bond donors (Lipinski definition) is 0. The Balaban J connectivity index is 1.55. The second-order valence-electron chi connectivity index (χ2n) is 10.2. The average molecular weight is 636 g/mol. The van der Waals surface area contributed by atoms with Crippen LogP contribution in [0, 0.1) is 11.3 Å². The highest BCUT2D eigenvalue weighted by Gasteiger charge is 2.57. The Morgan fingerprint density at radius 2 is 1.70 bits per heavy atom. The first-order valence-corrected chi connectivity index (χ1v) is 13.7. The fourth-order valence-corrected chi connectivity index (χ4v) is 7.76. The Morgan fingerprint density at radius 1 is 1.00 bits per heavy atom. The Morgan fingerprint density at radius 3 is 2.38 bits per heavy atom. The molecule has 0 spiro atoms. The number of rotatable bonds is 5. The number of amides is 4. The minimum absolute atomic E-state index is 0.00356. The lowest BCUT2D eigenvalue weighted by Gasteiger charge is -2.48. The first kappa shape index (κ1) is 26.1. The summed E-state index contributed by atoms with van der Waals surface area (Å²) in [6, 6.07) is 8.40. The molecule has 5 rings (SSSR count). The molecule has 2 saturated heterocycles. The van der Waals surface area contributed by atoms with Crippen molar-refractivity contribution >= 4 is 49.7 Å². The highest BCUT2D eigenvalue weighted by Crippen LogP contribution is 2.42. The van der Waals surface area contributed by atoms with Gasteiger partial charge in [0.2, 0.25) is 11.8 Å². The number of pyridine rings is 1. The molecule has 4 amide bonds. The van der Waals surface area contributed by atoms with Gasteiger partial charge >= 0.3 is 6.03 Å². The quantitative estimate of drug-likeness (QED) is 0.469. The van der Waals surface area contributed by atoms with E-state index in [-0.39, 0.29) is 30.4 Å². The van der Waals surface area contributed by atoms with Gasteiger partial charge in [0, 0.05) is 68.8 Å². The number of nitrogens with zero attached hydrogens (tertiary/aromatic N) is 4. The third-order valence-electron chi connectivity index (χ3n) is 7.83. The van der Waals surface area contributed by atoms with Gasteiger partial charge in [0.15, 0.2) is 0 Å². The summed E-state index contributed by atoms with van der Waals surface area (Å²) in [5.41, 5.74) is 0.151. The Labute approximate surface area is 231 Å². The van der Waals surface area contributed by atoms with Crippen LogP contribution in [0.2, 0.25) is 0 Å². The molecule has 1 aromatic carbocycles. The highest BCUT2D eigenvalue weighted by molar-refractivity contribution is 9.11. The fraction of sp³-hybridized carbons (Fsp3) is 0.462. The van der Waals surface area contributed by atoms with Crippen molar-refractivity contribution < 1.29 is 19.1 Å². The Hall–Kier alpha value is -2.50. The van der Waals surface area contributed by atoms with E-state index in [1.807, 2.05) is 22.8 Å². The number of barbiturate groups is 1. The van der Waals surface area contributed by atoms with E-state index < -0.39 is 23.3 Å². The maximum atomic E-state index is 13.9. The van der Waals surface area contributed by atoms with Gasteiger partial charge in [0.25, 0.3) is 5.56 Å². The normalized spacial score (nSPS) is 23.3.